The normalized spacial score (nSPS) is 12.9. The SMILES string of the molecule is CCCn1nnnc1COC(=O)c1ccc2c(c1)C(=O)N(c1ccc(F)cc1)C2=O. The molecule has 4 rings (SSSR count). The van der Waals surface area contributed by atoms with Crippen LogP contribution in [0.15, 0.2) is 42.5 Å². The van der Waals surface area contributed by atoms with Gasteiger partial charge in [0.15, 0.2) is 12.4 Å². The maximum absolute atomic E-state index is 13.2. The molecule has 3 aromatic rings. The minimum Gasteiger partial charge on any atom is -0.454 e. The van der Waals surface area contributed by atoms with Gasteiger partial charge >= 0.3 is 5.97 Å². The minimum absolute atomic E-state index is 0.0783. The van der Waals surface area contributed by atoms with Crippen LogP contribution in [0.5, 0.6) is 0 Å². The molecule has 0 atom stereocenters. The summed E-state index contributed by atoms with van der Waals surface area (Å²) < 4.78 is 20.0. The summed E-state index contributed by atoms with van der Waals surface area (Å²) in [4.78, 5) is 38.8. The monoisotopic (exact) mass is 409 g/mol. The zero-order chi connectivity index (χ0) is 21.3. The molecule has 2 amide bonds. The number of tetrazole rings is 1. The highest BCUT2D eigenvalue weighted by Gasteiger charge is 2.37. The number of carbonyl (C=O) groups excluding carboxylic acids is 3. The van der Waals surface area contributed by atoms with Crippen molar-refractivity contribution in [1.82, 2.24) is 20.2 Å². The Morgan fingerprint density at radius 2 is 1.80 bits per heavy atom. The van der Waals surface area contributed by atoms with E-state index in [1.165, 1.54) is 30.3 Å². The predicted octanol–water partition coefficient (Wildman–Crippen LogP) is 2.38. The van der Waals surface area contributed by atoms with Gasteiger partial charge in [-0.05, 0) is 59.3 Å². The Kier molecular flexibility index (Phi) is 5.05. The number of benzene rings is 2. The number of hydrogen-bond acceptors (Lipinski definition) is 7. The number of carbonyl (C=O) groups is 3. The average Bonchev–Trinajstić information content (AvgIpc) is 3.29. The van der Waals surface area contributed by atoms with Gasteiger partial charge in [0, 0.05) is 6.54 Å². The summed E-state index contributed by atoms with van der Waals surface area (Å²) in [7, 11) is 0. The molecule has 0 bridgehead atoms. The molecule has 30 heavy (non-hydrogen) atoms. The fourth-order valence-electron chi connectivity index (χ4n) is 3.12. The van der Waals surface area contributed by atoms with Crippen LogP contribution < -0.4 is 4.90 Å². The number of anilines is 1. The largest absolute Gasteiger partial charge is 0.454 e. The summed E-state index contributed by atoms with van der Waals surface area (Å²) >= 11 is 0. The van der Waals surface area contributed by atoms with E-state index in [4.69, 9.17) is 4.74 Å². The second-order valence-corrected chi connectivity index (χ2v) is 6.58. The third kappa shape index (κ3) is 3.43. The summed E-state index contributed by atoms with van der Waals surface area (Å²) in [6.07, 6.45) is 0.817. The highest BCUT2D eigenvalue weighted by Crippen LogP contribution is 2.29. The Hall–Kier alpha value is -3.95. The van der Waals surface area contributed by atoms with E-state index in [9.17, 15) is 18.8 Å². The van der Waals surface area contributed by atoms with Gasteiger partial charge in [0.2, 0.25) is 0 Å². The zero-order valence-corrected chi connectivity index (χ0v) is 15.9. The molecule has 2 heterocycles. The van der Waals surface area contributed by atoms with Crippen LogP contribution >= 0.6 is 0 Å². The minimum atomic E-state index is -0.677. The number of rotatable bonds is 6. The van der Waals surface area contributed by atoms with Crippen molar-refractivity contribution in [2.24, 2.45) is 0 Å². The second kappa shape index (κ2) is 7.82. The van der Waals surface area contributed by atoms with Crippen molar-refractivity contribution in [3.8, 4) is 0 Å². The van der Waals surface area contributed by atoms with Crippen molar-refractivity contribution < 1.29 is 23.5 Å². The van der Waals surface area contributed by atoms with Gasteiger partial charge in [-0.15, -0.1) is 5.10 Å². The fourth-order valence-corrected chi connectivity index (χ4v) is 3.12. The van der Waals surface area contributed by atoms with Crippen LogP contribution in [-0.2, 0) is 17.9 Å². The van der Waals surface area contributed by atoms with E-state index >= 15 is 0 Å². The number of halogens is 1. The van der Waals surface area contributed by atoms with Crippen molar-refractivity contribution in [2.45, 2.75) is 26.5 Å². The average molecular weight is 409 g/mol. The molecule has 2 aromatic carbocycles. The van der Waals surface area contributed by atoms with E-state index in [1.54, 1.807) is 4.68 Å². The van der Waals surface area contributed by atoms with Crippen molar-refractivity contribution >= 4 is 23.5 Å². The highest BCUT2D eigenvalue weighted by atomic mass is 19.1. The Balaban J connectivity index is 1.53. The first kappa shape index (κ1) is 19.4. The molecule has 0 aliphatic carbocycles. The van der Waals surface area contributed by atoms with Gasteiger partial charge in [-0.1, -0.05) is 6.92 Å². The van der Waals surface area contributed by atoms with E-state index in [-0.39, 0.29) is 29.0 Å². The number of nitrogens with zero attached hydrogens (tertiary/aromatic N) is 5. The summed E-state index contributed by atoms with van der Waals surface area (Å²) in [6.45, 7) is 2.43. The van der Waals surface area contributed by atoms with Crippen molar-refractivity contribution in [2.75, 3.05) is 4.90 Å². The molecule has 1 aliphatic heterocycles. The smallest absolute Gasteiger partial charge is 0.338 e. The van der Waals surface area contributed by atoms with Gasteiger partial charge < -0.3 is 4.74 Å². The van der Waals surface area contributed by atoms with Crippen LogP contribution in [-0.4, -0.2) is 38.0 Å². The fraction of sp³-hybridized carbons (Fsp3) is 0.200. The van der Waals surface area contributed by atoms with Crippen molar-refractivity contribution in [1.29, 1.82) is 0 Å². The molecule has 0 fully saturated rings. The molecule has 0 saturated carbocycles. The lowest BCUT2D eigenvalue weighted by molar-refractivity contribution is 0.0456. The van der Waals surface area contributed by atoms with Gasteiger partial charge in [-0.3, -0.25) is 9.59 Å². The quantitative estimate of drug-likeness (QED) is 0.454. The number of ether oxygens (including phenoxy) is 1. The molecular weight excluding hydrogens is 393 g/mol. The van der Waals surface area contributed by atoms with Crippen molar-refractivity contribution in [3.63, 3.8) is 0 Å². The van der Waals surface area contributed by atoms with E-state index in [1.807, 2.05) is 6.92 Å². The van der Waals surface area contributed by atoms with Gasteiger partial charge in [0.05, 0.1) is 22.4 Å². The third-order valence-electron chi connectivity index (χ3n) is 4.58. The van der Waals surface area contributed by atoms with E-state index in [2.05, 4.69) is 15.5 Å². The van der Waals surface area contributed by atoms with Crippen LogP contribution in [0.3, 0.4) is 0 Å². The summed E-state index contributed by atoms with van der Waals surface area (Å²) in [6, 6.07) is 9.13. The topological polar surface area (TPSA) is 107 Å². The van der Waals surface area contributed by atoms with Crippen LogP contribution in [0.25, 0.3) is 0 Å². The van der Waals surface area contributed by atoms with Gasteiger partial charge in [-0.2, -0.15) is 0 Å². The molecular formula is C20H16FN5O4. The maximum atomic E-state index is 13.2. The van der Waals surface area contributed by atoms with Crippen molar-refractivity contribution in [3.05, 3.63) is 70.8 Å². The maximum Gasteiger partial charge on any atom is 0.338 e. The highest BCUT2D eigenvalue weighted by molar-refractivity contribution is 6.34. The zero-order valence-electron chi connectivity index (χ0n) is 15.9. The number of hydrogen-bond donors (Lipinski definition) is 0. The lowest BCUT2D eigenvalue weighted by Gasteiger charge is -2.13. The first-order valence-electron chi connectivity index (χ1n) is 9.20. The van der Waals surface area contributed by atoms with Crippen LogP contribution in [0.2, 0.25) is 0 Å². The Morgan fingerprint density at radius 1 is 1.07 bits per heavy atom. The predicted molar refractivity (Wildman–Crippen MR) is 101 cm³/mol. The van der Waals surface area contributed by atoms with Gasteiger partial charge in [0.1, 0.15) is 5.82 Å². The lowest BCUT2D eigenvalue weighted by Crippen LogP contribution is -2.29. The molecule has 0 saturated heterocycles. The number of esters is 1. The van der Waals surface area contributed by atoms with Gasteiger partial charge in [0.25, 0.3) is 11.8 Å². The first-order valence-corrected chi connectivity index (χ1v) is 9.20. The Labute approximate surface area is 170 Å². The standard InChI is InChI=1S/C20H16FN5O4/c1-2-9-25-17(22-23-24-25)11-30-20(29)12-3-8-15-16(10-12)19(28)26(18(15)27)14-6-4-13(21)5-7-14/h3-8,10H,2,9,11H2,1H3. The van der Waals surface area contributed by atoms with E-state index < -0.39 is 23.6 Å². The lowest BCUT2D eigenvalue weighted by atomic mass is 10.1. The molecule has 152 valence electrons. The first-order chi connectivity index (χ1) is 14.5. The Bertz CT molecular complexity index is 1140. The Morgan fingerprint density at radius 3 is 2.53 bits per heavy atom. The molecule has 0 spiro atoms. The molecule has 10 heteroatoms. The number of fused-ring (bicyclic) bond motifs is 1. The molecule has 0 N–H and O–H groups in total. The molecule has 1 aromatic heterocycles. The summed E-state index contributed by atoms with van der Waals surface area (Å²) in [5.41, 5.74) is 0.599. The van der Waals surface area contributed by atoms with Crippen LogP contribution in [0.4, 0.5) is 10.1 Å². The van der Waals surface area contributed by atoms with E-state index in [0.29, 0.717) is 12.4 Å². The van der Waals surface area contributed by atoms with Crippen LogP contribution in [0, 0.1) is 5.82 Å². The van der Waals surface area contributed by atoms with Crippen LogP contribution in [0.1, 0.15) is 50.2 Å². The van der Waals surface area contributed by atoms with Gasteiger partial charge in [-0.25, -0.2) is 18.8 Å². The second-order valence-electron chi connectivity index (χ2n) is 6.58. The van der Waals surface area contributed by atoms with E-state index in [0.717, 1.165) is 23.5 Å². The molecule has 0 unspecified atom stereocenters. The number of amides is 2. The molecule has 0 radical (unpaired) electrons. The number of aryl methyl sites for hydroxylation is 1. The number of aromatic nitrogens is 4. The molecule has 9 nitrogen and oxygen atoms in total. The molecule has 1 aliphatic rings. The number of imide groups is 1. The summed E-state index contributed by atoms with van der Waals surface area (Å²) in [5, 5.41) is 11.2. The third-order valence-corrected chi connectivity index (χ3v) is 4.58. The summed E-state index contributed by atoms with van der Waals surface area (Å²) in [5.74, 6) is -1.89.